The van der Waals surface area contributed by atoms with E-state index in [0.29, 0.717) is 17.9 Å². The molecule has 10 heteroatoms. The Morgan fingerprint density at radius 1 is 0.974 bits per heavy atom. The standard InChI is InChI=1S/C29H27FN8O/c1-38(2)7-6-32-20-9-17(8-19(30)11-20)22-4-5-33-29-23(22)12-26(35-29)28-24-13-25(34-16-27(24)36-37-28)18-10-21(39-3)15-31-14-18/h4-5,8-16,32H,6-7H2,1-3H3,(H,33,35)(H,36,37). The predicted octanol–water partition coefficient (Wildman–Crippen LogP) is 5.35. The maximum atomic E-state index is 14.6. The van der Waals surface area contributed by atoms with E-state index in [1.54, 1.807) is 38.0 Å². The average molecular weight is 523 g/mol. The fourth-order valence-corrected chi connectivity index (χ4v) is 4.63. The van der Waals surface area contributed by atoms with Gasteiger partial charge in [-0.05, 0) is 67.7 Å². The molecule has 0 radical (unpaired) electrons. The van der Waals surface area contributed by atoms with Gasteiger partial charge >= 0.3 is 0 Å². The van der Waals surface area contributed by atoms with Crippen LogP contribution in [0.2, 0.25) is 0 Å². The highest BCUT2D eigenvalue weighted by Gasteiger charge is 2.16. The van der Waals surface area contributed by atoms with Crippen molar-refractivity contribution in [1.82, 2.24) is 35.0 Å². The molecule has 0 bridgehead atoms. The number of benzene rings is 1. The van der Waals surface area contributed by atoms with Crippen LogP contribution in [0.3, 0.4) is 0 Å². The Bertz CT molecular complexity index is 1790. The number of rotatable bonds is 8. The van der Waals surface area contributed by atoms with E-state index >= 15 is 0 Å². The summed E-state index contributed by atoms with van der Waals surface area (Å²) in [6.45, 7) is 1.56. The van der Waals surface area contributed by atoms with Gasteiger partial charge in [0, 0.05) is 47.5 Å². The lowest BCUT2D eigenvalue weighted by molar-refractivity contribution is 0.413. The van der Waals surface area contributed by atoms with Gasteiger partial charge in [-0.3, -0.25) is 15.1 Å². The number of pyridine rings is 3. The van der Waals surface area contributed by atoms with Crippen molar-refractivity contribution in [3.63, 3.8) is 0 Å². The van der Waals surface area contributed by atoms with Gasteiger partial charge in [0.2, 0.25) is 0 Å². The molecule has 0 spiro atoms. The van der Waals surface area contributed by atoms with Crippen LogP contribution in [0.4, 0.5) is 10.1 Å². The Hall–Kier alpha value is -4.83. The molecule has 6 rings (SSSR count). The topological polar surface area (TPSA) is 108 Å². The van der Waals surface area contributed by atoms with Gasteiger partial charge in [0.15, 0.2) is 0 Å². The van der Waals surface area contributed by atoms with Crippen LogP contribution in [0.1, 0.15) is 0 Å². The first-order chi connectivity index (χ1) is 19.0. The Morgan fingerprint density at radius 2 is 1.87 bits per heavy atom. The zero-order valence-electron chi connectivity index (χ0n) is 21.8. The van der Waals surface area contributed by atoms with E-state index in [9.17, 15) is 4.39 Å². The molecule has 0 fully saturated rings. The molecule has 0 amide bonds. The number of aromatic amines is 2. The molecule has 0 atom stereocenters. The first-order valence-corrected chi connectivity index (χ1v) is 12.5. The molecule has 0 aliphatic rings. The molecule has 0 aliphatic carbocycles. The Balaban J connectivity index is 1.40. The summed E-state index contributed by atoms with van der Waals surface area (Å²) in [7, 11) is 5.62. The first-order valence-electron chi connectivity index (χ1n) is 12.5. The highest BCUT2D eigenvalue weighted by atomic mass is 19.1. The molecule has 196 valence electrons. The number of aromatic nitrogens is 6. The Kier molecular flexibility index (Phi) is 6.37. The summed E-state index contributed by atoms with van der Waals surface area (Å²) in [5.74, 6) is 0.357. The molecule has 39 heavy (non-hydrogen) atoms. The van der Waals surface area contributed by atoms with Crippen molar-refractivity contribution in [2.75, 3.05) is 39.6 Å². The molecular weight excluding hydrogens is 495 g/mol. The highest BCUT2D eigenvalue weighted by Crippen LogP contribution is 2.35. The van der Waals surface area contributed by atoms with E-state index in [4.69, 9.17) is 4.74 Å². The summed E-state index contributed by atoms with van der Waals surface area (Å²) < 4.78 is 19.9. The summed E-state index contributed by atoms with van der Waals surface area (Å²) in [5.41, 5.74) is 6.98. The van der Waals surface area contributed by atoms with Gasteiger partial charge in [-0.1, -0.05) is 0 Å². The third-order valence-corrected chi connectivity index (χ3v) is 6.58. The van der Waals surface area contributed by atoms with E-state index in [-0.39, 0.29) is 5.82 Å². The van der Waals surface area contributed by atoms with Crippen LogP contribution < -0.4 is 10.1 Å². The molecule has 5 aromatic heterocycles. The number of fused-ring (bicyclic) bond motifs is 2. The summed E-state index contributed by atoms with van der Waals surface area (Å²) >= 11 is 0. The van der Waals surface area contributed by atoms with Gasteiger partial charge in [-0.15, -0.1) is 0 Å². The lowest BCUT2D eigenvalue weighted by Gasteiger charge is -2.13. The molecule has 0 aliphatic heterocycles. The monoisotopic (exact) mass is 522 g/mol. The van der Waals surface area contributed by atoms with Crippen LogP contribution in [-0.4, -0.2) is 69.3 Å². The summed E-state index contributed by atoms with van der Waals surface area (Å²) in [5, 5.41) is 12.7. The number of likely N-dealkylation sites (N-methyl/N-ethyl adjacent to an activating group) is 1. The quantitative estimate of drug-likeness (QED) is 0.247. The summed E-state index contributed by atoms with van der Waals surface area (Å²) in [6.07, 6.45) is 6.88. The molecule has 5 heterocycles. The van der Waals surface area contributed by atoms with Crippen molar-refractivity contribution >= 4 is 27.6 Å². The minimum Gasteiger partial charge on any atom is -0.495 e. The van der Waals surface area contributed by atoms with Crippen molar-refractivity contribution in [3.8, 4) is 39.5 Å². The normalized spacial score (nSPS) is 11.5. The van der Waals surface area contributed by atoms with Gasteiger partial charge in [-0.25, -0.2) is 9.37 Å². The second-order valence-electron chi connectivity index (χ2n) is 9.56. The highest BCUT2D eigenvalue weighted by molar-refractivity contribution is 6.00. The van der Waals surface area contributed by atoms with Crippen LogP contribution in [0.25, 0.3) is 55.7 Å². The van der Waals surface area contributed by atoms with Crippen LogP contribution in [0.15, 0.2) is 67.3 Å². The smallest absolute Gasteiger partial charge is 0.138 e. The molecule has 1 aromatic carbocycles. The van der Waals surface area contributed by atoms with Crippen LogP contribution in [0, 0.1) is 5.82 Å². The predicted molar refractivity (Wildman–Crippen MR) is 151 cm³/mol. The lowest BCUT2D eigenvalue weighted by Crippen LogP contribution is -2.20. The summed E-state index contributed by atoms with van der Waals surface area (Å²) in [4.78, 5) is 18.8. The second-order valence-corrected chi connectivity index (χ2v) is 9.56. The number of hydrogen-bond donors (Lipinski definition) is 3. The molecule has 0 saturated carbocycles. The van der Waals surface area contributed by atoms with Gasteiger partial charge in [0.25, 0.3) is 0 Å². The number of hydrogen-bond acceptors (Lipinski definition) is 7. The lowest BCUT2D eigenvalue weighted by atomic mass is 10.0. The maximum Gasteiger partial charge on any atom is 0.138 e. The minimum atomic E-state index is -0.300. The van der Waals surface area contributed by atoms with Gasteiger partial charge in [0.1, 0.15) is 22.9 Å². The van der Waals surface area contributed by atoms with E-state index in [1.807, 2.05) is 44.4 Å². The molecule has 3 N–H and O–H groups in total. The maximum absolute atomic E-state index is 14.6. The second kappa shape index (κ2) is 10.1. The number of H-pyrrole nitrogens is 2. The zero-order chi connectivity index (χ0) is 26.9. The number of nitrogens with one attached hydrogen (secondary N) is 3. The van der Waals surface area contributed by atoms with Crippen molar-refractivity contribution in [3.05, 3.63) is 73.1 Å². The minimum absolute atomic E-state index is 0.300. The number of halogens is 1. The van der Waals surface area contributed by atoms with Crippen LogP contribution in [-0.2, 0) is 0 Å². The van der Waals surface area contributed by atoms with Crippen molar-refractivity contribution in [1.29, 1.82) is 0 Å². The van der Waals surface area contributed by atoms with E-state index < -0.39 is 0 Å². The van der Waals surface area contributed by atoms with E-state index in [0.717, 1.165) is 62.3 Å². The number of nitrogens with zero attached hydrogens (tertiary/aromatic N) is 5. The zero-order valence-corrected chi connectivity index (χ0v) is 21.8. The van der Waals surface area contributed by atoms with Gasteiger partial charge in [-0.2, -0.15) is 5.10 Å². The third kappa shape index (κ3) is 4.89. The number of anilines is 1. The van der Waals surface area contributed by atoms with Crippen molar-refractivity contribution < 1.29 is 9.13 Å². The first kappa shape index (κ1) is 24.5. The Morgan fingerprint density at radius 3 is 2.72 bits per heavy atom. The molecule has 6 aromatic rings. The molecular formula is C29H27FN8O. The molecule has 0 unspecified atom stereocenters. The van der Waals surface area contributed by atoms with Gasteiger partial charge < -0.3 is 19.9 Å². The SMILES string of the molecule is COc1cncc(-c2cc3c(-c4cc5c(-c6cc(F)cc(NCCN(C)C)c6)ccnc5[nH]4)n[nH]c3cn2)c1. The third-order valence-electron chi connectivity index (χ3n) is 6.58. The number of ether oxygens (including phenoxy) is 1. The largest absolute Gasteiger partial charge is 0.495 e. The molecule has 9 nitrogen and oxygen atoms in total. The molecule has 0 saturated heterocycles. The fourth-order valence-electron chi connectivity index (χ4n) is 4.63. The van der Waals surface area contributed by atoms with E-state index in [2.05, 4.69) is 40.3 Å². The van der Waals surface area contributed by atoms with Crippen molar-refractivity contribution in [2.45, 2.75) is 0 Å². The van der Waals surface area contributed by atoms with E-state index in [1.165, 1.54) is 6.07 Å². The van der Waals surface area contributed by atoms with Crippen LogP contribution in [0.5, 0.6) is 5.75 Å². The fraction of sp³-hybridized carbons (Fsp3) is 0.172. The van der Waals surface area contributed by atoms with Crippen LogP contribution >= 0.6 is 0 Å². The van der Waals surface area contributed by atoms with Crippen molar-refractivity contribution in [2.24, 2.45) is 0 Å². The average Bonchev–Trinajstić information content (AvgIpc) is 3.56. The Labute approximate surface area is 224 Å². The summed E-state index contributed by atoms with van der Waals surface area (Å²) in [6, 6.07) is 12.8. The number of methoxy groups -OCH3 is 1. The van der Waals surface area contributed by atoms with Gasteiger partial charge in [0.05, 0.1) is 36.4 Å².